The zero-order valence-electron chi connectivity index (χ0n) is 17.4. The molecular weight excluding hydrogens is 412 g/mol. The molecule has 0 fully saturated rings. The molecule has 158 valence electrons. The number of amides is 1. The molecule has 0 radical (unpaired) electrons. The van der Waals surface area contributed by atoms with Gasteiger partial charge in [-0.25, -0.2) is 4.52 Å². The summed E-state index contributed by atoms with van der Waals surface area (Å²) >= 11 is 5.96. The first-order valence-corrected chi connectivity index (χ1v) is 10.5. The summed E-state index contributed by atoms with van der Waals surface area (Å²) in [5.74, 6) is -0.129. The van der Waals surface area contributed by atoms with E-state index in [0.717, 1.165) is 16.8 Å². The van der Waals surface area contributed by atoms with Crippen LogP contribution in [0.25, 0.3) is 16.8 Å². The van der Waals surface area contributed by atoms with Crippen molar-refractivity contribution in [3.63, 3.8) is 0 Å². The summed E-state index contributed by atoms with van der Waals surface area (Å²) in [6, 6.07) is 15.3. The van der Waals surface area contributed by atoms with Crippen molar-refractivity contribution in [1.29, 1.82) is 0 Å². The quantitative estimate of drug-likeness (QED) is 0.496. The van der Waals surface area contributed by atoms with Crippen molar-refractivity contribution in [3.8, 4) is 11.3 Å². The van der Waals surface area contributed by atoms with Crippen molar-refractivity contribution in [3.05, 3.63) is 93.0 Å². The lowest BCUT2D eigenvalue weighted by Crippen LogP contribution is -2.27. The lowest BCUT2D eigenvalue weighted by molar-refractivity contribution is -0.121. The van der Waals surface area contributed by atoms with Gasteiger partial charge in [0, 0.05) is 42.5 Å². The van der Waals surface area contributed by atoms with Gasteiger partial charge in [-0.1, -0.05) is 35.9 Å². The highest BCUT2D eigenvalue weighted by molar-refractivity contribution is 6.30. The number of carbonyl (C=O) groups excluding carboxylic acids is 1. The van der Waals surface area contributed by atoms with Crippen molar-refractivity contribution < 1.29 is 4.79 Å². The van der Waals surface area contributed by atoms with Crippen LogP contribution < -0.4 is 10.9 Å². The van der Waals surface area contributed by atoms with Gasteiger partial charge >= 0.3 is 0 Å². The largest absolute Gasteiger partial charge is 0.352 e. The molecule has 2 aromatic carbocycles. The van der Waals surface area contributed by atoms with E-state index in [2.05, 4.69) is 36.4 Å². The van der Waals surface area contributed by atoms with Crippen molar-refractivity contribution in [2.45, 2.75) is 33.4 Å². The highest BCUT2D eigenvalue weighted by Crippen LogP contribution is 2.21. The van der Waals surface area contributed by atoms with Gasteiger partial charge in [0.25, 0.3) is 5.56 Å². The number of hydrogen-bond acceptors (Lipinski definition) is 3. The normalized spacial score (nSPS) is 11.1. The number of carbonyl (C=O) groups is 1. The van der Waals surface area contributed by atoms with E-state index in [4.69, 9.17) is 11.6 Å². The zero-order valence-corrected chi connectivity index (χ0v) is 18.2. The van der Waals surface area contributed by atoms with Gasteiger partial charge in [0.05, 0.1) is 5.69 Å². The molecule has 4 aromatic rings. The van der Waals surface area contributed by atoms with E-state index in [9.17, 15) is 9.59 Å². The molecule has 2 heterocycles. The lowest BCUT2D eigenvalue weighted by Gasteiger charge is -2.08. The zero-order chi connectivity index (χ0) is 22.0. The highest BCUT2D eigenvalue weighted by Gasteiger charge is 2.11. The topological polar surface area (TPSA) is 68.4 Å². The minimum Gasteiger partial charge on any atom is -0.352 e. The fourth-order valence-corrected chi connectivity index (χ4v) is 3.61. The Morgan fingerprint density at radius 1 is 1.06 bits per heavy atom. The molecule has 0 aliphatic heterocycles. The van der Waals surface area contributed by atoms with E-state index in [-0.39, 0.29) is 17.9 Å². The average molecular weight is 435 g/mol. The van der Waals surface area contributed by atoms with Gasteiger partial charge < -0.3 is 9.88 Å². The van der Waals surface area contributed by atoms with Crippen molar-refractivity contribution in [2.75, 3.05) is 0 Å². The van der Waals surface area contributed by atoms with Crippen molar-refractivity contribution in [2.24, 2.45) is 0 Å². The fourth-order valence-electron chi connectivity index (χ4n) is 3.40. The Kier molecular flexibility index (Phi) is 5.91. The number of hydrogen-bond donors (Lipinski definition) is 1. The van der Waals surface area contributed by atoms with Gasteiger partial charge in [0.15, 0.2) is 0 Å². The second-order valence-corrected chi connectivity index (χ2v) is 8.05. The maximum absolute atomic E-state index is 12.9. The molecule has 1 amide bonds. The van der Waals surface area contributed by atoms with Crippen molar-refractivity contribution >= 4 is 23.0 Å². The molecule has 1 N–H and O–H groups in total. The van der Waals surface area contributed by atoms with Gasteiger partial charge in [-0.2, -0.15) is 5.10 Å². The SMILES string of the molecule is Cc1ccc(-c2cc3c(=O)n(CCC(=O)NCc4cccc(Cl)c4)ccn3n2)cc1C. The standard InChI is InChI=1S/C24H23ClN4O2/c1-16-6-7-19(12-17(16)2)21-14-22-24(31)28(10-11-29(22)27-21)9-8-23(30)26-15-18-4-3-5-20(25)13-18/h3-7,10-14H,8-9,15H2,1-2H3,(H,26,30). The fraction of sp³-hybridized carbons (Fsp3) is 0.208. The molecule has 0 saturated carbocycles. The van der Waals surface area contributed by atoms with Gasteiger partial charge in [-0.05, 0) is 54.8 Å². The van der Waals surface area contributed by atoms with Crippen LogP contribution in [-0.4, -0.2) is 20.1 Å². The minimum absolute atomic E-state index is 0.129. The van der Waals surface area contributed by atoms with E-state index in [1.807, 2.05) is 24.3 Å². The molecular formula is C24H23ClN4O2. The molecule has 4 rings (SSSR count). The molecule has 31 heavy (non-hydrogen) atoms. The maximum Gasteiger partial charge on any atom is 0.276 e. The Morgan fingerprint density at radius 3 is 2.68 bits per heavy atom. The van der Waals surface area contributed by atoms with Crippen LogP contribution in [0.2, 0.25) is 5.02 Å². The molecule has 7 heteroatoms. The first-order valence-electron chi connectivity index (χ1n) is 10.1. The van der Waals surface area contributed by atoms with Gasteiger partial charge in [-0.15, -0.1) is 0 Å². The summed E-state index contributed by atoms with van der Waals surface area (Å²) in [5.41, 5.74) is 5.34. The Labute approximate surface area is 185 Å². The third kappa shape index (κ3) is 4.70. The summed E-state index contributed by atoms with van der Waals surface area (Å²) in [5, 5.41) is 8.02. The first-order chi connectivity index (χ1) is 14.9. The molecule has 0 bridgehead atoms. The summed E-state index contributed by atoms with van der Waals surface area (Å²) in [4.78, 5) is 25.1. The molecule has 0 unspecified atom stereocenters. The molecule has 0 aliphatic rings. The van der Waals surface area contributed by atoms with E-state index in [0.29, 0.717) is 23.6 Å². The number of nitrogens with one attached hydrogen (secondary N) is 1. The third-order valence-electron chi connectivity index (χ3n) is 5.36. The Morgan fingerprint density at radius 2 is 1.90 bits per heavy atom. The summed E-state index contributed by atoms with van der Waals surface area (Å²) in [7, 11) is 0. The summed E-state index contributed by atoms with van der Waals surface area (Å²) < 4.78 is 3.13. The first kappa shape index (κ1) is 20.9. The average Bonchev–Trinajstić information content (AvgIpc) is 3.19. The Bertz CT molecular complexity index is 1320. The summed E-state index contributed by atoms with van der Waals surface area (Å²) in [6.07, 6.45) is 3.61. The van der Waals surface area contributed by atoms with Crippen molar-refractivity contribution in [1.82, 2.24) is 19.5 Å². The van der Waals surface area contributed by atoms with E-state index < -0.39 is 0 Å². The van der Waals surface area contributed by atoms with Gasteiger partial charge in [0.1, 0.15) is 5.52 Å². The number of fused-ring (bicyclic) bond motifs is 1. The second-order valence-electron chi connectivity index (χ2n) is 7.61. The minimum atomic E-state index is -0.173. The molecule has 0 spiro atoms. The lowest BCUT2D eigenvalue weighted by atomic mass is 10.0. The van der Waals surface area contributed by atoms with Crippen LogP contribution in [0.4, 0.5) is 0 Å². The Hall–Kier alpha value is -3.38. The second kappa shape index (κ2) is 8.78. The number of aryl methyl sites for hydroxylation is 3. The van der Waals surface area contributed by atoms with Crippen LogP contribution in [0.15, 0.2) is 65.7 Å². The number of halogens is 1. The number of nitrogens with zero attached hydrogens (tertiary/aromatic N) is 3. The summed E-state index contributed by atoms with van der Waals surface area (Å²) in [6.45, 7) is 4.81. The van der Waals surface area contributed by atoms with Crippen LogP contribution in [0.5, 0.6) is 0 Å². The van der Waals surface area contributed by atoms with Crippen LogP contribution in [0.3, 0.4) is 0 Å². The predicted octanol–water partition coefficient (Wildman–Crippen LogP) is 4.14. The van der Waals surface area contributed by atoms with Gasteiger partial charge in [0.2, 0.25) is 5.91 Å². The van der Waals surface area contributed by atoms with E-state index in [1.165, 1.54) is 11.1 Å². The molecule has 0 aliphatic carbocycles. The predicted molar refractivity (Wildman–Crippen MR) is 122 cm³/mol. The maximum atomic E-state index is 12.9. The van der Waals surface area contributed by atoms with Crippen LogP contribution in [0, 0.1) is 13.8 Å². The smallest absolute Gasteiger partial charge is 0.276 e. The highest BCUT2D eigenvalue weighted by atomic mass is 35.5. The molecule has 0 atom stereocenters. The van der Waals surface area contributed by atoms with E-state index in [1.54, 1.807) is 33.6 Å². The monoisotopic (exact) mass is 434 g/mol. The molecule has 6 nitrogen and oxygen atoms in total. The third-order valence-corrected chi connectivity index (χ3v) is 5.60. The van der Waals surface area contributed by atoms with E-state index >= 15 is 0 Å². The van der Waals surface area contributed by atoms with Crippen LogP contribution in [-0.2, 0) is 17.9 Å². The number of aromatic nitrogens is 3. The van der Waals surface area contributed by atoms with Crippen LogP contribution >= 0.6 is 11.6 Å². The van der Waals surface area contributed by atoms with Gasteiger partial charge in [-0.3, -0.25) is 9.59 Å². The number of benzene rings is 2. The molecule has 2 aromatic heterocycles. The number of rotatable bonds is 6. The van der Waals surface area contributed by atoms with Crippen LogP contribution in [0.1, 0.15) is 23.1 Å². The Balaban J connectivity index is 1.46. The molecule has 0 saturated heterocycles.